The molecular formula is C12H16N4O4. The molecule has 1 aromatic heterocycles. The number of esters is 1. The number of hydrogen-bond acceptors (Lipinski definition) is 6. The molecule has 1 heterocycles. The molecule has 8 heteroatoms. The fourth-order valence-corrected chi connectivity index (χ4v) is 1.24. The third-order valence-electron chi connectivity index (χ3n) is 2.22. The highest BCUT2D eigenvalue weighted by Gasteiger charge is 2.10. The normalized spacial score (nSPS) is 10.3. The summed E-state index contributed by atoms with van der Waals surface area (Å²) in [5, 5.41) is 2.50. The van der Waals surface area contributed by atoms with E-state index in [1.807, 2.05) is 0 Å². The predicted octanol–water partition coefficient (Wildman–Crippen LogP) is -0.705. The number of aromatic amines is 1. The van der Waals surface area contributed by atoms with Crippen LogP contribution in [-0.4, -0.2) is 49.6 Å². The van der Waals surface area contributed by atoms with E-state index in [4.69, 9.17) is 0 Å². The van der Waals surface area contributed by atoms with Crippen LogP contribution in [0.4, 0.5) is 5.95 Å². The fourth-order valence-electron chi connectivity index (χ4n) is 1.24. The number of methoxy groups -OCH3 is 1. The molecule has 0 saturated carbocycles. The molecule has 0 aliphatic carbocycles. The largest absolute Gasteiger partial charge is 0.466 e. The Balaban J connectivity index is 2.71. The molecule has 0 aromatic carbocycles. The molecule has 108 valence electrons. The first-order valence-electron chi connectivity index (χ1n) is 5.75. The highest BCUT2D eigenvalue weighted by Crippen LogP contribution is 2.00. The van der Waals surface area contributed by atoms with Gasteiger partial charge in [0.1, 0.15) is 5.69 Å². The zero-order valence-corrected chi connectivity index (χ0v) is 11.5. The van der Waals surface area contributed by atoms with Gasteiger partial charge in [0.05, 0.1) is 7.11 Å². The highest BCUT2D eigenvalue weighted by molar-refractivity contribution is 5.92. The lowest BCUT2D eigenvalue weighted by molar-refractivity contribution is -0.134. The number of nitrogens with zero attached hydrogens (tertiary/aromatic N) is 2. The molecule has 0 atom stereocenters. The van der Waals surface area contributed by atoms with Gasteiger partial charge in [-0.2, -0.15) is 0 Å². The highest BCUT2D eigenvalue weighted by atomic mass is 16.5. The average Bonchev–Trinajstić information content (AvgIpc) is 2.42. The molecule has 1 amide bonds. The second kappa shape index (κ2) is 7.07. The van der Waals surface area contributed by atoms with Gasteiger partial charge in [-0.3, -0.25) is 14.6 Å². The van der Waals surface area contributed by atoms with E-state index in [0.717, 1.165) is 6.07 Å². The van der Waals surface area contributed by atoms with Crippen molar-refractivity contribution in [2.24, 2.45) is 0 Å². The van der Waals surface area contributed by atoms with Gasteiger partial charge < -0.3 is 15.0 Å². The summed E-state index contributed by atoms with van der Waals surface area (Å²) in [6, 6.07) is 1.10. The first-order valence-corrected chi connectivity index (χ1v) is 5.75. The number of rotatable bonds is 5. The number of aromatic nitrogens is 2. The zero-order valence-electron chi connectivity index (χ0n) is 11.5. The van der Waals surface area contributed by atoms with Gasteiger partial charge >= 0.3 is 5.97 Å². The van der Waals surface area contributed by atoms with Gasteiger partial charge in [-0.25, -0.2) is 9.78 Å². The molecule has 0 saturated heterocycles. The topological polar surface area (TPSA) is 104 Å². The van der Waals surface area contributed by atoms with Crippen molar-refractivity contribution in [3.8, 4) is 0 Å². The number of hydrogen-bond donors (Lipinski definition) is 2. The predicted molar refractivity (Wildman–Crippen MR) is 72.7 cm³/mol. The van der Waals surface area contributed by atoms with Crippen LogP contribution in [0.3, 0.4) is 0 Å². The van der Waals surface area contributed by atoms with Gasteiger partial charge in [-0.1, -0.05) is 6.08 Å². The number of ether oxygens (including phenoxy) is 1. The number of amides is 1. The molecule has 8 nitrogen and oxygen atoms in total. The van der Waals surface area contributed by atoms with Gasteiger partial charge in [-0.15, -0.1) is 0 Å². The van der Waals surface area contributed by atoms with Gasteiger partial charge in [0.15, 0.2) is 0 Å². The number of H-pyrrole nitrogens is 1. The summed E-state index contributed by atoms with van der Waals surface area (Å²) in [7, 11) is 4.65. The maximum atomic E-state index is 11.8. The number of carbonyl (C=O) groups excluding carboxylic acids is 2. The van der Waals surface area contributed by atoms with Gasteiger partial charge in [0.25, 0.3) is 11.5 Å². The lowest BCUT2D eigenvalue weighted by Crippen LogP contribution is -2.28. The molecule has 0 unspecified atom stereocenters. The van der Waals surface area contributed by atoms with E-state index in [2.05, 4.69) is 20.0 Å². The molecule has 0 radical (unpaired) electrons. The first kappa shape index (κ1) is 15.4. The van der Waals surface area contributed by atoms with Crippen LogP contribution in [0.15, 0.2) is 23.0 Å². The second-order valence-corrected chi connectivity index (χ2v) is 3.98. The Morgan fingerprint density at radius 2 is 2.20 bits per heavy atom. The van der Waals surface area contributed by atoms with Crippen LogP contribution in [-0.2, 0) is 9.53 Å². The van der Waals surface area contributed by atoms with Crippen LogP contribution >= 0.6 is 0 Å². The van der Waals surface area contributed by atoms with Crippen molar-refractivity contribution in [2.45, 2.75) is 0 Å². The number of anilines is 1. The van der Waals surface area contributed by atoms with Crippen LogP contribution in [0, 0.1) is 0 Å². The van der Waals surface area contributed by atoms with Crippen LogP contribution < -0.4 is 15.8 Å². The third kappa shape index (κ3) is 4.56. The summed E-state index contributed by atoms with van der Waals surface area (Å²) in [5.74, 6) is -0.732. The van der Waals surface area contributed by atoms with Crippen LogP contribution in [0.2, 0.25) is 0 Å². The lowest BCUT2D eigenvalue weighted by atomic mass is 10.3. The molecule has 0 aliphatic rings. The second-order valence-electron chi connectivity index (χ2n) is 3.98. The number of carbonyl (C=O) groups is 2. The van der Waals surface area contributed by atoms with E-state index in [1.54, 1.807) is 19.0 Å². The fraction of sp³-hybridized carbons (Fsp3) is 0.333. The molecular weight excluding hydrogens is 264 g/mol. The Morgan fingerprint density at radius 1 is 1.50 bits per heavy atom. The smallest absolute Gasteiger partial charge is 0.330 e. The third-order valence-corrected chi connectivity index (χ3v) is 2.22. The van der Waals surface area contributed by atoms with Crippen molar-refractivity contribution in [1.82, 2.24) is 15.3 Å². The van der Waals surface area contributed by atoms with E-state index < -0.39 is 17.4 Å². The summed E-state index contributed by atoms with van der Waals surface area (Å²) in [6.45, 7) is 0.125. The summed E-state index contributed by atoms with van der Waals surface area (Å²) >= 11 is 0. The van der Waals surface area contributed by atoms with Crippen LogP contribution in [0.1, 0.15) is 10.5 Å². The quantitative estimate of drug-likeness (QED) is 0.545. The van der Waals surface area contributed by atoms with Crippen molar-refractivity contribution < 1.29 is 14.3 Å². The Kier molecular flexibility index (Phi) is 5.45. The molecule has 0 aliphatic heterocycles. The lowest BCUT2D eigenvalue weighted by Gasteiger charge is -2.11. The maximum absolute atomic E-state index is 11.8. The molecule has 0 fully saturated rings. The van der Waals surface area contributed by atoms with Crippen molar-refractivity contribution in [3.63, 3.8) is 0 Å². The molecule has 20 heavy (non-hydrogen) atoms. The van der Waals surface area contributed by atoms with Crippen LogP contribution in [0.25, 0.3) is 0 Å². The first-order chi connectivity index (χ1) is 9.43. The maximum Gasteiger partial charge on any atom is 0.330 e. The van der Waals surface area contributed by atoms with E-state index in [9.17, 15) is 14.4 Å². The molecule has 0 spiro atoms. The Bertz CT molecular complexity index is 577. The Labute approximate surface area is 115 Å². The number of nitrogens with one attached hydrogen (secondary N) is 2. The van der Waals surface area contributed by atoms with Gasteiger partial charge in [0.2, 0.25) is 5.95 Å². The summed E-state index contributed by atoms with van der Waals surface area (Å²) in [6.07, 6.45) is 2.63. The van der Waals surface area contributed by atoms with E-state index in [0.29, 0.717) is 0 Å². The van der Waals surface area contributed by atoms with E-state index in [1.165, 1.54) is 19.3 Å². The summed E-state index contributed by atoms with van der Waals surface area (Å²) in [4.78, 5) is 42.1. The average molecular weight is 280 g/mol. The minimum Gasteiger partial charge on any atom is -0.466 e. The molecule has 1 rings (SSSR count). The van der Waals surface area contributed by atoms with Crippen molar-refractivity contribution in [1.29, 1.82) is 0 Å². The standard InChI is InChI=1S/C12H16N4O4/c1-16(2)12-14-8(7-9(17)15-12)11(19)13-6-4-5-10(18)20-3/h4-5,7H,6H2,1-3H3,(H,13,19)(H,14,15,17)/b5-4+. The minimum absolute atomic E-state index is 0.00363. The van der Waals surface area contributed by atoms with Crippen molar-refractivity contribution >= 4 is 17.8 Å². The van der Waals surface area contributed by atoms with Crippen molar-refractivity contribution in [2.75, 3.05) is 32.6 Å². The Hall–Kier alpha value is -2.64. The molecule has 2 N–H and O–H groups in total. The van der Waals surface area contributed by atoms with Crippen molar-refractivity contribution in [3.05, 3.63) is 34.3 Å². The van der Waals surface area contributed by atoms with E-state index in [-0.39, 0.29) is 18.2 Å². The van der Waals surface area contributed by atoms with E-state index >= 15 is 0 Å². The summed E-state index contributed by atoms with van der Waals surface area (Å²) < 4.78 is 4.40. The monoisotopic (exact) mass is 280 g/mol. The minimum atomic E-state index is -0.511. The van der Waals surface area contributed by atoms with Gasteiger partial charge in [-0.05, 0) is 0 Å². The summed E-state index contributed by atoms with van der Waals surface area (Å²) in [5.41, 5.74) is -0.414. The molecule has 0 bridgehead atoms. The van der Waals surface area contributed by atoms with Gasteiger partial charge in [0, 0.05) is 32.8 Å². The zero-order chi connectivity index (χ0) is 15.1. The Morgan fingerprint density at radius 3 is 2.80 bits per heavy atom. The molecule has 1 aromatic rings. The van der Waals surface area contributed by atoms with Crippen LogP contribution in [0.5, 0.6) is 0 Å². The SMILES string of the molecule is COC(=O)/C=C/CNC(=O)c1cc(=O)[nH]c(N(C)C)n1.